The van der Waals surface area contributed by atoms with Gasteiger partial charge in [-0.1, -0.05) is 36.9 Å². The fourth-order valence-corrected chi connectivity index (χ4v) is 5.55. The number of rotatable bonds is 10. The van der Waals surface area contributed by atoms with E-state index in [9.17, 15) is 9.90 Å². The van der Waals surface area contributed by atoms with E-state index in [1.807, 2.05) is 42.2 Å². The third-order valence-electron chi connectivity index (χ3n) is 5.43. The number of pyridine rings is 1. The molecule has 0 fully saturated rings. The average Bonchev–Trinajstić information content (AvgIpc) is 3.28. The molecule has 0 saturated carbocycles. The van der Waals surface area contributed by atoms with Gasteiger partial charge in [0.05, 0.1) is 11.2 Å². The second kappa shape index (κ2) is 11.8. The lowest BCUT2D eigenvalue weighted by Gasteiger charge is -2.22. The molecule has 0 aliphatic rings. The van der Waals surface area contributed by atoms with Crippen molar-refractivity contribution in [2.75, 3.05) is 11.4 Å². The molecule has 0 saturated heterocycles. The molecule has 0 amide bonds. The lowest BCUT2D eigenvalue weighted by Crippen LogP contribution is -2.27. The SMILES string of the molecule is CCc1cnc(N(CCc2csc(SC(C)(C)C(=O)O)n2)Cc2cnc3ccccc3c2)nc1.Cl. The van der Waals surface area contributed by atoms with Gasteiger partial charge in [0.25, 0.3) is 0 Å². The third-order valence-corrected chi connectivity index (χ3v) is 7.60. The van der Waals surface area contributed by atoms with Gasteiger partial charge in [0.1, 0.15) is 4.75 Å². The van der Waals surface area contributed by atoms with Gasteiger partial charge in [-0.3, -0.25) is 9.78 Å². The Morgan fingerprint density at radius 1 is 1.11 bits per heavy atom. The summed E-state index contributed by atoms with van der Waals surface area (Å²) in [6.07, 6.45) is 7.24. The first-order valence-electron chi connectivity index (χ1n) is 11.1. The lowest BCUT2D eigenvalue weighted by molar-refractivity contribution is -0.138. The number of hydrogen-bond donors (Lipinski definition) is 1. The Labute approximate surface area is 219 Å². The number of fused-ring (bicyclic) bond motifs is 1. The summed E-state index contributed by atoms with van der Waals surface area (Å²) >= 11 is 2.75. The Bertz CT molecular complexity index is 1280. The third kappa shape index (κ3) is 6.90. The van der Waals surface area contributed by atoms with E-state index in [0.29, 0.717) is 25.5 Å². The first kappa shape index (κ1) is 26.8. The number of aromatic nitrogens is 4. The number of anilines is 1. The van der Waals surface area contributed by atoms with Gasteiger partial charge in [-0.15, -0.1) is 23.7 Å². The van der Waals surface area contributed by atoms with Gasteiger partial charge in [-0.2, -0.15) is 0 Å². The van der Waals surface area contributed by atoms with Crippen molar-refractivity contribution in [3.05, 3.63) is 71.1 Å². The zero-order valence-electron chi connectivity index (χ0n) is 19.8. The Morgan fingerprint density at radius 2 is 1.83 bits per heavy atom. The van der Waals surface area contributed by atoms with Crippen LogP contribution in [0.1, 0.15) is 37.6 Å². The van der Waals surface area contributed by atoms with Crippen LogP contribution >= 0.6 is 35.5 Å². The zero-order chi connectivity index (χ0) is 24.1. The molecular formula is C25H28ClN5O2S2. The molecule has 4 aromatic rings. The highest BCUT2D eigenvalue weighted by Gasteiger charge is 2.29. The largest absolute Gasteiger partial charge is 0.480 e. The van der Waals surface area contributed by atoms with Gasteiger partial charge in [0.2, 0.25) is 5.95 Å². The molecule has 4 rings (SSSR count). The van der Waals surface area contributed by atoms with E-state index in [1.54, 1.807) is 13.8 Å². The number of carboxylic acids is 1. The van der Waals surface area contributed by atoms with Gasteiger partial charge in [-0.05, 0) is 43.5 Å². The maximum absolute atomic E-state index is 11.4. The van der Waals surface area contributed by atoms with Crippen LogP contribution < -0.4 is 4.90 Å². The number of aliphatic carboxylic acids is 1. The molecule has 0 aliphatic heterocycles. The zero-order valence-corrected chi connectivity index (χ0v) is 22.3. The molecule has 10 heteroatoms. The number of carboxylic acid groups (broad SMARTS) is 1. The molecule has 184 valence electrons. The number of halogens is 1. The minimum Gasteiger partial charge on any atom is -0.480 e. The van der Waals surface area contributed by atoms with Crippen LogP contribution in [0.25, 0.3) is 10.9 Å². The number of thiazole rings is 1. The summed E-state index contributed by atoms with van der Waals surface area (Å²) in [6, 6.07) is 10.2. The molecular weight excluding hydrogens is 502 g/mol. The van der Waals surface area contributed by atoms with Crippen molar-refractivity contribution in [3.63, 3.8) is 0 Å². The molecule has 1 aromatic carbocycles. The molecule has 0 aliphatic carbocycles. The lowest BCUT2D eigenvalue weighted by atomic mass is 10.1. The average molecular weight is 530 g/mol. The first-order valence-corrected chi connectivity index (χ1v) is 12.8. The van der Waals surface area contributed by atoms with Crippen molar-refractivity contribution in [1.82, 2.24) is 19.9 Å². The molecule has 3 aromatic heterocycles. The van der Waals surface area contributed by atoms with Crippen LogP contribution in [0.3, 0.4) is 0 Å². The Balaban J connectivity index is 0.00000342. The van der Waals surface area contributed by atoms with Crippen LogP contribution in [0.2, 0.25) is 0 Å². The molecule has 3 heterocycles. The summed E-state index contributed by atoms with van der Waals surface area (Å²) in [7, 11) is 0. The second-order valence-corrected chi connectivity index (χ2v) is 11.2. The summed E-state index contributed by atoms with van der Waals surface area (Å²) in [5.41, 5.74) is 4.08. The predicted octanol–water partition coefficient (Wildman–Crippen LogP) is 5.67. The maximum Gasteiger partial charge on any atom is 0.319 e. The van der Waals surface area contributed by atoms with Crippen LogP contribution in [0.15, 0.2) is 58.6 Å². The van der Waals surface area contributed by atoms with E-state index in [0.717, 1.165) is 38.5 Å². The predicted molar refractivity (Wildman–Crippen MR) is 145 cm³/mol. The highest BCUT2D eigenvalue weighted by Crippen LogP contribution is 2.34. The topological polar surface area (TPSA) is 92.1 Å². The van der Waals surface area contributed by atoms with E-state index in [2.05, 4.69) is 43.9 Å². The minimum atomic E-state index is -0.918. The van der Waals surface area contributed by atoms with Crippen molar-refractivity contribution < 1.29 is 9.90 Å². The number of aryl methyl sites for hydroxylation is 1. The quantitative estimate of drug-likeness (QED) is 0.263. The summed E-state index contributed by atoms with van der Waals surface area (Å²) in [5.74, 6) is -0.181. The normalized spacial score (nSPS) is 11.3. The molecule has 0 bridgehead atoms. The molecule has 0 atom stereocenters. The fraction of sp³-hybridized carbons (Fsp3) is 0.320. The Kier molecular flexibility index (Phi) is 9.04. The number of thioether (sulfide) groups is 1. The van der Waals surface area contributed by atoms with Crippen LogP contribution in [0.5, 0.6) is 0 Å². The molecule has 0 spiro atoms. The highest BCUT2D eigenvalue weighted by molar-refractivity contribution is 8.03. The van der Waals surface area contributed by atoms with E-state index in [-0.39, 0.29) is 12.4 Å². The molecule has 0 unspecified atom stereocenters. The van der Waals surface area contributed by atoms with E-state index in [1.165, 1.54) is 23.1 Å². The smallest absolute Gasteiger partial charge is 0.319 e. The van der Waals surface area contributed by atoms with Gasteiger partial charge >= 0.3 is 5.97 Å². The second-order valence-electron chi connectivity index (χ2n) is 8.47. The maximum atomic E-state index is 11.4. The summed E-state index contributed by atoms with van der Waals surface area (Å²) in [5, 5.41) is 12.5. The van der Waals surface area contributed by atoms with E-state index < -0.39 is 10.7 Å². The standard InChI is InChI=1S/C25H27N5O2S2.ClH/c1-4-17-12-27-23(28-13-17)30(15-18-11-19-7-5-6-8-21(19)26-14-18)10-9-20-16-33-24(29-20)34-25(2,3)22(31)32;/h5-8,11-14,16H,4,9-10,15H2,1-3H3,(H,31,32);1H. The summed E-state index contributed by atoms with van der Waals surface area (Å²) < 4.78 is -0.157. The fourth-order valence-electron chi connectivity index (χ4n) is 3.33. The van der Waals surface area contributed by atoms with Crippen molar-refractivity contribution >= 4 is 58.3 Å². The van der Waals surface area contributed by atoms with Crippen molar-refractivity contribution in [2.45, 2.75) is 49.2 Å². The van der Waals surface area contributed by atoms with E-state index in [4.69, 9.17) is 0 Å². The Morgan fingerprint density at radius 3 is 2.54 bits per heavy atom. The Hall–Kier alpha value is -2.75. The molecule has 7 nitrogen and oxygen atoms in total. The van der Waals surface area contributed by atoms with Gasteiger partial charge in [0.15, 0.2) is 4.34 Å². The van der Waals surface area contributed by atoms with Gasteiger partial charge in [0, 0.05) is 48.9 Å². The van der Waals surface area contributed by atoms with Crippen LogP contribution in [-0.2, 0) is 24.2 Å². The monoisotopic (exact) mass is 529 g/mol. The van der Waals surface area contributed by atoms with E-state index >= 15 is 0 Å². The van der Waals surface area contributed by atoms with Gasteiger partial charge in [-0.25, -0.2) is 15.0 Å². The number of carbonyl (C=O) groups is 1. The summed E-state index contributed by atoms with van der Waals surface area (Å²) in [6.45, 7) is 6.77. The van der Waals surface area contributed by atoms with Crippen LogP contribution in [0, 0.1) is 0 Å². The number of nitrogens with zero attached hydrogens (tertiary/aromatic N) is 5. The van der Waals surface area contributed by atoms with Crippen molar-refractivity contribution in [3.8, 4) is 0 Å². The number of para-hydroxylation sites is 1. The molecule has 35 heavy (non-hydrogen) atoms. The summed E-state index contributed by atoms with van der Waals surface area (Å²) in [4.78, 5) is 32.0. The molecule has 1 N–H and O–H groups in total. The number of benzene rings is 1. The van der Waals surface area contributed by atoms with Crippen LogP contribution in [-0.4, -0.2) is 42.3 Å². The van der Waals surface area contributed by atoms with Crippen molar-refractivity contribution in [1.29, 1.82) is 0 Å². The van der Waals surface area contributed by atoms with Gasteiger partial charge < -0.3 is 10.0 Å². The van der Waals surface area contributed by atoms with Crippen LogP contribution in [0.4, 0.5) is 5.95 Å². The highest BCUT2D eigenvalue weighted by atomic mass is 35.5. The number of hydrogen-bond acceptors (Lipinski definition) is 8. The van der Waals surface area contributed by atoms with Crippen molar-refractivity contribution in [2.24, 2.45) is 0 Å². The molecule has 0 radical (unpaired) electrons. The minimum absolute atomic E-state index is 0. The first-order chi connectivity index (χ1) is 16.3.